The summed E-state index contributed by atoms with van der Waals surface area (Å²) in [6.07, 6.45) is 3.85. The Morgan fingerprint density at radius 2 is 2.12 bits per heavy atom. The number of benzene rings is 1. The number of aromatic amines is 1. The number of aliphatic hydroxyl groups is 1. The van der Waals surface area contributed by atoms with Crippen molar-refractivity contribution < 1.29 is 9.90 Å². The number of nitrogens with zero attached hydrogens (tertiary/aromatic N) is 5. The van der Waals surface area contributed by atoms with Crippen molar-refractivity contribution in [3.05, 3.63) is 65.4 Å². The molecule has 3 N–H and O–H groups in total. The Balaban J connectivity index is 1.39. The van der Waals surface area contributed by atoms with Crippen molar-refractivity contribution in [2.24, 2.45) is 0 Å². The Morgan fingerprint density at radius 3 is 2.88 bits per heavy atom. The highest BCUT2D eigenvalue weighted by molar-refractivity contribution is 7.13. The number of H-pyrrole nitrogens is 1. The molecule has 168 valence electrons. The minimum atomic E-state index is -1.48. The summed E-state index contributed by atoms with van der Waals surface area (Å²) in [5.74, 6) is 0.219. The van der Waals surface area contributed by atoms with Crippen molar-refractivity contribution in [1.82, 2.24) is 30.0 Å². The monoisotopic (exact) mass is 461 g/mol. The van der Waals surface area contributed by atoms with E-state index in [1.807, 2.05) is 42.6 Å². The van der Waals surface area contributed by atoms with Crippen LogP contribution in [0.3, 0.4) is 0 Å². The molecule has 1 amide bonds. The first-order valence-corrected chi connectivity index (χ1v) is 11.5. The lowest BCUT2D eigenvalue weighted by Gasteiger charge is -2.21. The lowest BCUT2D eigenvalue weighted by molar-refractivity contribution is -0.143. The zero-order chi connectivity index (χ0) is 23.0. The molecule has 33 heavy (non-hydrogen) atoms. The van der Waals surface area contributed by atoms with Crippen molar-refractivity contribution in [2.75, 3.05) is 18.9 Å². The number of carbonyl (C=O) groups excluding carboxylic acids is 1. The number of thiazole rings is 1. The quantitative estimate of drug-likeness (QED) is 0.403. The number of rotatable bonds is 6. The maximum absolute atomic E-state index is 12.5. The molecule has 0 saturated carbocycles. The number of hydrogen-bond acceptors (Lipinski definition) is 8. The van der Waals surface area contributed by atoms with Gasteiger partial charge in [-0.2, -0.15) is 5.10 Å². The van der Waals surface area contributed by atoms with Crippen LogP contribution in [0.1, 0.15) is 30.6 Å². The second-order valence-corrected chi connectivity index (χ2v) is 8.94. The molecule has 1 aliphatic heterocycles. The standard InChI is InChI=1S/C23H23N7O2S/c1-14(17-7-10-25-29-17)26-22-24-9-6-18(28-22)20-27-19(13-33-20)15-4-3-5-16(12-15)23(32)8-11-30(2)21(23)31/h3-7,9-10,12-14,32H,8,11H2,1-2H3,(H,25,29)(H,24,26,28)/t14-,23-/m1/s1. The van der Waals surface area contributed by atoms with E-state index >= 15 is 0 Å². The number of amides is 1. The second-order valence-electron chi connectivity index (χ2n) is 8.09. The predicted molar refractivity (Wildman–Crippen MR) is 125 cm³/mol. The third kappa shape index (κ3) is 3.98. The molecule has 0 bridgehead atoms. The van der Waals surface area contributed by atoms with E-state index in [2.05, 4.69) is 25.5 Å². The molecule has 1 saturated heterocycles. The molecule has 0 aliphatic carbocycles. The van der Waals surface area contributed by atoms with Crippen LogP contribution in [0, 0.1) is 0 Å². The van der Waals surface area contributed by atoms with Gasteiger partial charge in [-0.15, -0.1) is 11.3 Å². The van der Waals surface area contributed by atoms with Gasteiger partial charge in [-0.3, -0.25) is 9.89 Å². The molecule has 2 atom stereocenters. The van der Waals surface area contributed by atoms with E-state index in [4.69, 9.17) is 4.98 Å². The summed E-state index contributed by atoms with van der Waals surface area (Å²) in [7, 11) is 1.71. The van der Waals surface area contributed by atoms with Gasteiger partial charge in [-0.1, -0.05) is 18.2 Å². The third-order valence-corrected chi connectivity index (χ3v) is 6.70. The van der Waals surface area contributed by atoms with Gasteiger partial charge in [0.25, 0.3) is 5.91 Å². The summed E-state index contributed by atoms with van der Waals surface area (Å²) in [4.78, 5) is 27.7. The summed E-state index contributed by atoms with van der Waals surface area (Å²) < 4.78 is 0. The Hall–Kier alpha value is -3.63. The van der Waals surface area contributed by atoms with Gasteiger partial charge in [-0.05, 0) is 30.7 Å². The van der Waals surface area contributed by atoms with Crippen LogP contribution < -0.4 is 5.32 Å². The summed E-state index contributed by atoms with van der Waals surface area (Å²) >= 11 is 1.48. The number of nitrogens with one attached hydrogen (secondary N) is 2. The highest BCUT2D eigenvalue weighted by Gasteiger charge is 2.45. The number of likely N-dealkylation sites (tertiary alicyclic amines) is 1. The minimum Gasteiger partial charge on any atom is -0.375 e. The topological polar surface area (TPSA) is 120 Å². The molecular formula is C23H23N7O2S. The van der Waals surface area contributed by atoms with E-state index in [0.29, 0.717) is 30.2 Å². The molecule has 0 spiro atoms. The Labute approximate surface area is 194 Å². The molecule has 9 nitrogen and oxygen atoms in total. The van der Waals surface area contributed by atoms with Crippen molar-refractivity contribution in [3.63, 3.8) is 0 Å². The van der Waals surface area contributed by atoms with E-state index in [9.17, 15) is 9.90 Å². The summed E-state index contributed by atoms with van der Waals surface area (Å²) in [5.41, 5.74) is 2.28. The molecule has 1 aliphatic rings. The van der Waals surface area contributed by atoms with E-state index in [1.54, 1.807) is 30.4 Å². The highest BCUT2D eigenvalue weighted by Crippen LogP contribution is 2.35. The lowest BCUT2D eigenvalue weighted by Crippen LogP contribution is -2.36. The largest absolute Gasteiger partial charge is 0.375 e. The van der Waals surface area contributed by atoms with Gasteiger partial charge < -0.3 is 15.3 Å². The van der Waals surface area contributed by atoms with Crippen LogP contribution in [-0.4, -0.2) is 54.7 Å². The molecule has 3 aromatic heterocycles. The lowest BCUT2D eigenvalue weighted by atomic mass is 9.90. The van der Waals surface area contributed by atoms with Crippen molar-refractivity contribution in [1.29, 1.82) is 0 Å². The van der Waals surface area contributed by atoms with Crippen LogP contribution in [0.5, 0.6) is 0 Å². The fraction of sp³-hybridized carbons (Fsp3) is 0.261. The summed E-state index contributed by atoms with van der Waals surface area (Å²) in [5, 5.41) is 23.9. The molecule has 4 aromatic rings. The van der Waals surface area contributed by atoms with E-state index in [-0.39, 0.29) is 11.9 Å². The Morgan fingerprint density at radius 1 is 1.24 bits per heavy atom. The maximum atomic E-state index is 12.5. The van der Waals surface area contributed by atoms with Gasteiger partial charge >= 0.3 is 0 Å². The Kier molecular flexibility index (Phi) is 5.39. The fourth-order valence-electron chi connectivity index (χ4n) is 3.91. The number of anilines is 1. The molecule has 4 heterocycles. The van der Waals surface area contributed by atoms with Crippen molar-refractivity contribution in [2.45, 2.75) is 25.0 Å². The molecule has 1 aromatic carbocycles. The van der Waals surface area contributed by atoms with Crippen LogP contribution in [0.15, 0.2) is 54.2 Å². The van der Waals surface area contributed by atoms with Gasteiger partial charge in [0.2, 0.25) is 5.95 Å². The van der Waals surface area contributed by atoms with Crippen LogP contribution in [0.25, 0.3) is 22.0 Å². The molecule has 5 rings (SSSR count). The molecule has 0 radical (unpaired) electrons. The first-order chi connectivity index (χ1) is 15.9. The SMILES string of the molecule is C[C@@H](Nc1nccc(-c2nc(-c3cccc([C@]4(O)CCN(C)C4=O)c3)cs2)n1)c1cc[nH]n1. The average molecular weight is 462 g/mol. The number of hydrogen-bond donors (Lipinski definition) is 3. The van der Waals surface area contributed by atoms with Crippen LogP contribution in [0.2, 0.25) is 0 Å². The minimum absolute atomic E-state index is 0.0516. The van der Waals surface area contributed by atoms with Gasteiger partial charge in [0.1, 0.15) is 10.7 Å². The fourth-order valence-corrected chi connectivity index (χ4v) is 4.71. The normalized spacial score (nSPS) is 19.1. The first-order valence-electron chi connectivity index (χ1n) is 10.6. The zero-order valence-electron chi connectivity index (χ0n) is 18.2. The maximum Gasteiger partial charge on any atom is 0.258 e. The third-order valence-electron chi connectivity index (χ3n) is 5.84. The van der Waals surface area contributed by atoms with Gasteiger partial charge in [0.05, 0.1) is 17.4 Å². The zero-order valence-corrected chi connectivity index (χ0v) is 19.0. The van der Waals surface area contributed by atoms with Gasteiger partial charge in [0, 0.05) is 43.4 Å². The number of carbonyl (C=O) groups is 1. The summed E-state index contributed by atoms with van der Waals surface area (Å²) in [6.45, 7) is 2.52. The van der Waals surface area contributed by atoms with Crippen LogP contribution in [-0.2, 0) is 10.4 Å². The van der Waals surface area contributed by atoms with Gasteiger partial charge in [0.15, 0.2) is 5.60 Å². The van der Waals surface area contributed by atoms with Gasteiger partial charge in [-0.25, -0.2) is 15.0 Å². The molecule has 0 unspecified atom stereocenters. The first kappa shape index (κ1) is 21.2. The molecular weight excluding hydrogens is 438 g/mol. The average Bonchev–Trinajstić information content (AvgIpc) is 3.59. The van der Waals surface area contributed by atoms with Crippen LogP contribution in [0.4, 0.5) is 5.95 Å². The molecule has 10 heteroatoms. The van der Waals surface area contributed by atoms with E-state index < -0.39 is 5.60 Å². The molecule has 1 fully saturated rings. The van der Waals surface area contributed by atoms with Crippen LogP contribution >= 0.6 is 11.3 Å². The van der Waals surface area contributed by atoms with Crippen molar-refractivity contribution in [3.8, 4) is 22.0 Å². The smallest absolute Gasteiger partial charge is 0.258 e. The second kappa shape index (κ2) is 8.38. The highest BCUT2D eigenvalue weighted by atomic mass is 32.1. The predicted octanol–water partition coefficient (Wildman–Crippen LogP) is 3.21. The van der Waals surface area contributed by atoms with E-state index in [0.717, 1.165) is 22.0 Å². The summed E-state index contributed by atoms with van der Waals surface area (Å²) in [6, 6.07) is 11.1. The van der Waals surface area contributed by atoms with E-state index in [1.165, 1.54) is 11.3 Å². The Bertz CT molecular complexity index is 1290. The van der Waals surface area contributed by atoms with Crippen molar-refractivity contribution >= 4 is 23.2 Å². The number of likely N-dealkylation sites (N-methyl/N-ethyl adjacent to an activating group) is 1. The number of aromatic nitrogens is 5.